The van der Waals surface area contributed by atoms with Crippen LogP contribution in [0.25, 0.3) is 0 Å². The molecule has 0 aromatic heterocycles. The van der Waals surface area contributed by atoms with Gasteiger partial charge >= 0.3 is 17.9 Å². The molecule has 0 bridgehead atoms. The average molecular weight is 956 g/mol. The normalized spacial score (nSPS) is 13.0. The van der Waals surface area contributed by atoms with Crippen molar-refractivity contribution in [3.05, 3.63) is 122 Å². The van der Waals surface area contributed by atoms with Crippen LogP contribution >= 0.6 is 0 Å². The van der Waals surface area contributed by atoms with Gasteiger partial charge in [-0.25, -0.2) is 0 Å². The van der Waals surface area contributed by atoms with E-state index >= 15 is 0 Å². The Morgan fingerprint density at radius 2 is 0.580 bits per heavy atom. The highest BCUT2D eigenvalue weighted by Gasteiger charge is 2.19. The number of hydrogen-bond donors (Lipinski definition) is 0. The van der Waals surface area contributed by atoms with Crippen LogP contribution in [0.4, 0.5) is 0 Å². The van der Waals surface area contributed by atoms with Gasteiger partial charge in [-0.15, -0.1) is 0 Å². The lowest BCUT2D eigenvalue weighted by Crippen LogP contribution is -2.30. The van der Waals surface area contributed by atoms with E-state index < -0.39 is 6.10 Å². The molecule has 0 spiro atoms. The molecule has 0 heterocycles. The second-order valence-electron chi connectivity index (χ2n) is 18.1. The van der Waals surface area contributed by atoms with Crippen molar-refractivity contribution in [3.63, 3.8) is 0 Å². The minimum Gasteiger partial charge on any atom is -0.462 e. The highest BCUT2D eigenvalue weighted by molar-refractivity contribution is 5.71. The summed E-state index contributed by atoms with van der Waals surface area (Å²) < 4.78 is 16.7. The summed E-state index contributed by atoms with van der Waals surface area (Å²) >= 11 is 0. The summed E-state index contributed by atoms with van der Waals surface area (Å²) in [5.74, 6) is -1.05. The number of esters is 3. The Balaban J connectivity index is 4.58. The molecule has 69 heavy (non-hydrogen) atoms. The lowest BCUT2D eigenvalue weighted by Gasteiger charge is -2.18. The van der Waals surface area contributed by atoms with Gasteiger partial charge in [0.05, 0.1) is 0 Å². The van der Waals surface area contributed by atoms with Gasteiger partial charge in [0.1, 0.15) is 13.2 Å². The monoisotopic (exact) mass is 955 g/mol. The molecule has 6 nitrogen and oxygen atoms in total. The predicted octanol–water partition coefficient (Wildman–Crippen LogP) is 18.9. The van der Waals surface area contributed by atoms with Gasteiger partial charge < -0.3 is 14.2 Å². The maximum Gasteiger partial charge on any atom is 0.306 e. The van der Waals surface area contributed by atoms with Crippen molar-refractivity contribution in [2.45, 2.75) is 245 Å². The number of hydrogen-bond acceptors (Lipinski definition) is 6. The van der Waals surface area contributed by atoms with E-state index in [1.54, 1.807) is 0 Å². The Morgan fingerprint density at radius 1 is 0.304 bits per heavy atom. The van der Waals surface area contributed by atoms with Crippen molar-refractivity contribution >= 4 is 17.9 Å². The fourth-order valence-electron chi connectivity index (χ4n) is 7.23. The summed E-state index contributed by atoms with van der Waals surface area (Å²) in [6.07, 6.45) is 77.6. The quantitative estimate of drug-likeness (QED) is 0.0262. The first-order valence-corrected chi connectivity index (χ1v) is 28.0. The lowest BCUT2D eigenvalue weighted by atomic mass is 10.1. The third kappa shape index (κ3) is 54.6. The molecule has 0 radical (unpaired) electrons. The largest absolute Gasteiger partial charge is 0.462 e. The van der Waals surface area contributed by atoms with Crippen LogP contribution < -0.4 is 0 Å². The zero-order valence-corrected chi connectivity index (χ0v) is 44.5. The standard InChI is InChI=1S/C63H102O6/c1-4-7-10-13-16-19-22-25-28-31-34-37-40-43-46-49-52-55-61(64)67-58-60(69-63(66)57-54-51-48-45-42-39-36-33-30-27-24-21-18-15-12-9-6-3)59-68-62(65)56-53-50-47-44-41-38-35-32-29-26-23-20-17-14-11-8-5-2/h7,10,16,18-19,21,25-30,34-35,37-38,43-44,46-47,60H,4-6,8-9,11-15,17,20,22-24,31-33,36,39-42,45,48-59H2,1-3H3/b10-7-,19-16-,21-18-,28-25-,29-26-,30-27-,37-34-,38-35-,46-43-,47-44-/t60-/m1/s1. The molecule has 6 heteroatoms. The first-order valence-electron chi connectivity index (χ1n) is 28.0. The van der Waals surface area contributed by atoms with Crippen molar-refractivity contribution in [1.82, 2.24) is 0 Å². The van der Waals surface area contributed by atoms with Crippen LogP contribution in [-0.4, -0.2) is 37.2 Å². The smallest absolute Gasteiger partial charge is 0.306 e. The summed E-state index contributed by atoms with van der Waals surface area (Å²) in [7, 11) is 0. The number of unbranched alkanes of at least 4 members (excludes halogenated alkanes) is 18. The molecule has 0 unspecified atom stereocenters. The SMILES string of the molecule is CC/C=C\C/C=C\C/C=C\C/C=C\C/C=C\CCCC(=O)OC[C@H](COC(=O)CCC/C=C\C/C=C\C/C=C\CCCCCCCC)OC(=O)CCCCCCCCC/C=C\C/C=C\CCCCC. The number of carbonyl (C=O) groups is 3. The van der Waals surface area contributed by atoms with E-state index in [4.69, 9.17) is 14.2 Å². The van der Waals surface area contributed by atoms with Crippen molar-refractivity contribution in [3.8, 4) is 0 Å². The molecule has 0 saturated heterocycles. The maximum absolute atomic E-state index is 12.8. The average Bonchev–Trinajstić information content (AvgIpc) is 3.35. The third-order valence-corrected chi connectivity index (χ3v) is 11.4. The Bertz CT molecular complexity index is 1470. The number of rotatable bonds is 49. The highest BCUT2D eigenvalue weighted by Crippen LogP contribution is 2.13. The molecule has 0 amide bonds. The summed E-state index contributed by atoms with van der Waals surface area (Å²) in [5, 5.41) is 0. The minimum atomic E-state index is -0.829. The topological polar surface area (TPSA) is 78.9 Å². The Labute approximate surface area is 424 Å². The van der Waals surface area contributed by atoms with Crippen LogP contribution in [0.15, 0.2) is 122 Å². The van der Waals surface area contributed by atoms with E-state index in [0.29, 0.717) is 19.3 Å². The maximum atomic E-state index is 12.8. The van der Waals surface area contributed by atoms with Crippen LogP contribution in [0.1, 0.15) is 239 Å². The van der Waals surface area contributed by atoms with E-state index in [1.165, 1.54) is 96.3 Å². The third-order valence-electron chi connectivity index (χ3n) is 11.4. The van der Waals surface area contributed by atoms with E-state index in [0.717, 1.165) is 89.9 Å². The molecule has 0 saturated carbocycles. The zero-order valence-electron chi connectivity index (χ0n) is 44.5. The van der Waals surface area contributed by atoms with Gasteiger partial charge in [0, 0.05) is 19.3 Å². The fourth-order valence-corrected chi connectivity index (χ4v) is 7.23. The van der Waals surface area contributed by atoms with Crippen molar-refractivity contribution in [2.75, 3.05) is 13.2 Å². The Hall–Kier alpha value is -4.19. The predicted molar refractivity (Wildman–Crippen MR) is 297 cm³/mol. The molecule has 0 fully saturated rings. The zero-order chi connectivity index (χ0) is 50.0. The number of carbonyl (C=O) groups excluding carboxylic acids is 3. The highest BCUT2D eigenvalue weighted by atomic mass is 16.6. The fraction of sp³-hybridized carbons (Fsp3) is 0.635. The second-order valence-corrected chi connectivity index (χ2v) is 18.1. The molecule has 0 aliphatic rings. The lowest BCUT2D eigenvalue weighted by molar-refractivity contribution is -0.167. The Kier molecular flexibility index (Phi) is 53.0. The van der Waals surface area contributed by atoms with E-state index in [2.05, 4.69) is 142 Å². The summed E-state index contributed by atoms with van der Waals surface area (Å²) in [6.45, 7) is 6.39. The molecule has 1 atom stereocenters. The van der Waals surface area contributed by atoms with Crippen molar-refractivity contribution < 1.29 is 28.6 Å². The number of allylic oxidation sites excluding steroid dienone is 20. The van der Waals surface area contributed by atoms with Crippen LogP contribution in [-0.2, 0) is 28.6 Å². The molecule has 0 aromatic rings. The van der Waals surface area contributed by atoms with Crippen LogP contribution in [0, 0.1) is 0 Å². The van der Waals surface area contributed by atoms with Gasteiger partial charge in [-0.3, -0.25) is 14.4 Å². The Morgan fingerprint density at radius 3 is 0.957 bits per heavy atom. The molecule has 0 aliphatic heterocycles. The summed E-state index contributed by atoms with van der Waals surface area (Å²) in [5.41, 5.74) is 0. The van der Waals surface area contributed by atoms with Crippen LogP contribution in [0.5, 0.6) is 0 Å². The van der Waals surface area contributed by atoms with Gasteiger partial charge in [0.15, 0.2) is 6.10 Å². The second kappa shape index (κ2) is 56.4. The van der Waals surface area contributed by atoms with Crippen LogP contribution in [0.3, 0.4) is 0 Å². The first kappa shape index (κ1) is 64.8. The van der Waals surface area contributed by atoms with E-state index in [9.17, 15) is 14.4 Å². The molecule has 390 valence electrons. The molecule has 0 aromatic carbocycles. The molecule has 0 rings (SSSR count). The molecule has 0 aliphatic carbocycles. The summed E-state index contributed by atoms with van der Waals surface area (Å²) in [6, 6.07) is 0. The van der Waals surface area contributed by atoms with Gasteiger partial charge in [-0.2, -0.15) is 0 Å². The van der Waals surface area contributed by atoms with Crippen LogP contribution in [0.2, 0.25) is 0 Å². The molecular formula is C63H102O6. The van der Waals surface area contributed by atoms with E-state index in [-0.39, 0.29) is 44.0 Å². The van der Waals surface area contributed by atoms with Gasteiger partial charge in [0.25, 0.3) is 0 Å². The first-order chi connectivity index (χ1) is 34.0. The van der Waals surface area contributed by atoms with E-state index in [1.807, 2.05) is 0 Å². The van der Waals surface area contributed by atoms with Gasteiger partial charge in [0.2, 0.25) is 0 Å². The van der Waals surface area contributed by atoms with Gasteiger partial charge in [-0.1, -0.05) is 219 Å². The summed E-state index contributed by atoms with van der Waals surface area (Å²) in [4.78, 5) is 38.1. The van der Waals surface area contributed by atoms with Crippen molar-refractivity contribution in [1.29, 1.82) is 0 Å². The van der Waals surface area contributed by atoms with Crippen molar-refractivity contribution in [2.24, 2.45) is 0 Å². The van der Waals surface area contributed by atoms with Gasteiger partial charge in [-0.05, 0) is 122 Å². The molecular weight excluding hydrogens is 853 g/mol. The molecule has 0 N–H and O–H groups in total. The minimum absolute atomic E-state index is 0.128. The number of ether oxygens (including phenoxy) is 3.